The minimum Gasteiger partial charge on any atom is -0.490 e. The molecule has 5 N–H and O–H groups in total. The van der Waals surface area contributed by atoms with Gasteiger partial charge in [0.1, 0.15) is 24.8 Å². The quantitative estimate of drug-likeness (QED) is 0.363. The van der Waals surface area contributed by atoms with E-state index in [0.717, 1.165) is 0 Å². The number of carboxylic acids is 1. The molecule has 4 rings (SSSR count). The number of aromatic carboxylic acids is 1. The summed E-state index contributed by atoms with van der Waals surface area (Å²) in [6.07, 6.45) is 0. The van der Waals surface area contributed by atoms with Crippen LogP contribution in [0.15, 0.2) is 60.7 Å². The van der Waals surface area contributed by atoms with Crippen LogP contribution in [0.25, 0.3) is 0 Å². The third kappa shape index (κ3) is 6.66. The topological polar surface area (TPSA) is 139 Å². The molecule has 0 aliphatic carbocycles. The van der Waals surface area contributed by atoms with E-state index in [1.807, 2.05) is 18.2 Å². The molecule has 0 unspecified atom stereocenters. The molecule has 2 amide bonds. The largest absolute Gasteiger partial charge is 0.490 e. The van der Waals surface area contributed by atoms with Crippen LogP contribution in [0, 0.1) is 0 Å². The molecule has 3 aromatic rings. The van der Waals surface area contributed by atoms with Gasteiger partial charge in [-0.2, -0.15) is 0 Å². The molecule has 0 spiro atoms. The van der Waals surface area contributed by atoms with Gasteiger partial charge in [-0.15, -0.1) is 24.8 Å². The molecule has 0 saturated heterocycles. The molecule has 12 heteroatoms. The fraction of sp³-hybridized carbons (Fsp3) is 0.174. The number of carbonyl (C=O) groups is 2. The molecule has 10 nitrogen and oxygen atoms in total. The van der Waals surface area contributed by atoms with E-state index in [1.165, 1.54) is 17.0 Å². The molecule has 2 heterocycles. The number of nitrogens with one attached hydrogen (secondary N) is 2. The number of amides is 2. The highest BCUT2D eigenvalue weighted by atomic mass is 35.5. The maximum absolute atomic E-state index is 12.9. The highest BCUT2D eigenvalue weighted by Gasteiger charge is 2.26. The maximum atomic E-state index is 12.9. The second-order valence-corrected chi connectivity index (χ2v) is 7.09. The number of nitrogens with two attached hydrogens (primary N) is 1. The van der Waals surface area contributed by atoms with E-state index in [4.69, 9.17) is 15.2 Å². The molecule has 35 heavy (non-hydrogen) atoms. The molecular weight excluding hydrogens is 497 g/mol. The Bertz CT molecular complexity index is 1170. The van der Waals surface area contributed by atoms with E-state index in [2.05, 4.69) is 15.6 Å². The number of aromatic nitrogens is 1. The lowest BCUT2D eigenvalue weighted by atomic mass is 10.2. The molecule has 186 valence electrons. The first-order chi connectivity index (χ1) is 16.0. The third-order valence-corrected chi connectivity index (χ3v) is 4.80. The Hall–Kier alpha value is -3.73. The predicted octanol–water partition coefficient (Wildman–Crippen LogP) is 4.14. The fourth-order valence-electron chi connectivity index (χ4n) is 3.26. The molecule has 2 aromatic carbocycles. The number of pyridine rings is 1. The van der Waals surface area contributed by atoms with E-state index >= 15 is 0 Å². The van der Waals surface area contributed by atoms with Crippen LogP contribution in [0.1, 0.15) is 10.4 Å². The second-order valence-electron chi connectivity index (χ2n) is 7.09. The first kappa shape index (κ1) is 27.5. The van der Waals surface area contributed by atoms with Gasteiger partial charge in [0.25, 0.3) is 0 Å². The number of carbonyl (C=O) groups excluding carboxylic acids is 1. The Morgan fingerprint density at radius 2 is 1.89 bits per heavy atom. The van der Waals surface area contributed by atoms with Crippen molar-refractivity contribution in [3.05, 3.63) is 66.2 Å². The molecule has 1 aromatic heterocycles. The minimum absolute atomic E-state index is 0. The van der Waals surface area contributed by atoms with Crippen LogP contribution in [0.3, 0.4) is 0 Å². The summed E-state index contributed by atoms with van der Waals surface area (Å²) in [4.78, 5) is 30.3. The minimum atomic E-state index is -1.07. The first-order valence-electron chi connectivity index (χ1n) is 10.3. The first-order valence-corrected chi connectivity index (χ1v) is 10.3. The average molecular weight is 522 g/mol. The lowest BCUT2D eigenvalue weighted by Gasteiger charge is -2.29. The van der Waals surface area contributed by atoms with Crippen molar-refractivity contribution in [3.63, 3.8) is 0 Å². The zero-order chi connectivity index (χ0) is 23.2. The number of halogens is 2. The van der Waals surface area contributed by atoms with Gasteiger partial charge in [-0.3, -0.25) is 4.90 Å². The fourth-order valence-corrected chi connectivity index (χ4v) is 3.26. The maximum Gasteiger partial charge on any atom is 0.335 e. The van der Waals surface area contributed by atoms with Crippen molar-refractivity contribution in [3.8, 4) is 11.5 Å². The molecular formula is C23H25Cl2N5O5. The summed E-state index contributed by atoms with van der Waals surface area (Å²) in [5.74, 6) is 0.539. The Morgan fingerprint density at radius 1 is 1.11 bits per heavy atom. The van der Waals surface area contributed by atoms with E-state index in [0.29, 0.717) is 47.7 Å². The van der Waals surface area contributed by atoms with Crippen LogP contribution in [-0.2, 0) is 0 Å². The standard InChI is InChI=1S/C23H23N5O5.2ClH/c24-10-12-32-19-14-15(22(29)30)6-7-17(19)26-20-9-8-18-21(27-20)28(11-13-33-18)23(31)25-16-4-2-1-3-5-16;;/h1-9,14H,10-13,24H2,(H,25,31)(H,26,27)(H,29,30);2*1H. The molecule has 0 fully saturated rings. The number of hydrogen-bond donors (Lipinski definition) is 4. The van der Waals surface area contributed by atoms with Gasteiger partial charge in [-0.05, 0) is 42.5 Å². The van der Waals surface area contributed by atoms with Crippen LogP contribution >= 0.6 is 24.8 Å². The van der Waals surface area contributed by atoms with Crippen LogP contribution in [0.5, 0.6) is 11.5 Å². The lowest BCUT2D eigenvalue weighted by Crippen LogP contribution is -2.41. The summed E-state index contributed by atoms with van der Waals surface area (Å²) in [7, 11) is 0. The van der Waals surface area contributed by atoms with E-state index in [-0.39, 0.29) is 49.6 Å². The number of benzene rings is 2. The van der Waals surface area contributed by atoms with Gasteiger partial charge in [0.2, 0.25) is 0 Å². The molecule has 0 bridgehead atoms. The number of rotatable bonds is 7. The number of nitrogens with zero attached hydrogens (tertiary/aromatic N) is 2. The van der Waals surface area contributed by atoms with E-state index in [9.17, 15) is 14.7 Å². The van der Waals surface area contributed by atoms with Crippen molar-refractivity contribution in [1.82, 2.24) is 4.98 Å². The van der Waals surface area contributed by atoms with E-state index < -0.39 is 5.97 Å². The van der Waals surface area contributed by atoms with Crippen molar-refractivity contribution in [2.45, 2.75) is 0 Å². The van der Waals surface area contributed by atoms with Gasteiger partial charge in [0, 0.05) is 12.2 Å². The normalized spacial score (nSPS) is 11.6. The Morgan fingerprint density at radius 3 is 2.60 bits per heavy atom. The third-order valence-electron chi connectivity index (χ3n) is 4.80. The molecule has 0 saturated carbocycles. The van der Waals surface area contributed by atoms with Crippen LogP contribution in [-0.4, -0.2) is 48.4 Å². The van der Waals surface area contributed by atoms with Gasteiger partial charge in [-0.25, -0.2) is 14.6 Å². The van der Waals surface area contributed by atoms with Crippen LogP contribution in [0.4, 0.5) is 27.8 Å². The van der Waals surface area contributed by atoms with Crippen LogP contribution in [0.2, 0.25) is 0 Å². The second kappa shape index (κ2) is 12.7. The lowest BCUT2D eigenvalue weighted by molar-refractivity contribution is 0.0696. The molecule has 0 radical (unpaired) electrons. The van der Waals surface area contributed by atoms with Crippen LogP contribution < -0.4 is 30.7 Å². The van der Waals surface area contributed by atoms with Crippen molar-refractivity contribution in [2.24, 2.45) is 5.73 Å². The van der Waals surface area contributed by atoms with Gasteiger partial charge in [0.15, 0.2) is 11.6 Å². The molecule has 0 atom stereocenters. The number of hydrogen-bond acceptors (Lipinski definition) is 7. The zero-order valence-electron chi connectivity index (χ0n) is 18.5. The van der Waals surface area contributed by atoms with Crippen molar-refractivity contribution in [2.75, 3.05) is 41.8 Å². The summed E-state index contributed by atoms with van der Waals surface area (Å²) in [6, 6.07) is 16.7. The number of urea groups is 1. The summed E-state index contributed by atoms with van der Waals surface area (Å²) in [5, 5.41) is 15.2. The monoisotopic (exact) mass is 521 g/mol. The zero-order valence-corrected chi connectivity index (χ0v) is 20.1. The highest BCUT2D eigenvalue weighted by Crippen LogP contribution is 2.34. The Labute approximate surface area is 214 Å². The number of carboxylic acid groups (broad SMARTS) is 1. The Balaban J connectivity index is 0.00000216. The molecule has 1 aliphatic rings. The van der Waals surface area contributed by atoms with Crippen molar-refractivity contribution >= 4 is 59.8 Å². The number of fused-ring (bicyclic) bond motifs is 1. The Kier molecular flexibility index (Phi) is 9.95. The molecule has 1 aliphatic heterocycles. The summed E-state index contributed by atoms with van der Waals surface area (Å²) >= 11 is 0. The number of anilines is 4. The van der Waals surface area contributed by atoms with Gasteiger partial charge in [0.05, 0.1) is 17.8 Å². The number of ether oxygens (including phenoxy) is 2. The number of para-hydroxylation sites is 1. The van der Waals surface area contributed by atoms with Crippen molar-refractivity contribution < 1.29 is 24.2 Å². The SMILES string of the molecule is Cl.Cl.NCCOc1cc(C(=O)O)ccc1Nc1ccc2c(n1)N(C(=O)Nc1ccccc1)CCO2. The predicted molar refractivity (Wildman–Crippen MR) is 138 cm³/mol. The summed E-state index contributed by atoms with van der Waals surface area (Å²) in [5.41, 5.74) is 6.79. The summed E-state index contributed by atoms with van der Waals surface area (Å²) in [6.45, 7) is 1.17. The summed E-state index contributed by atoms with van der Waals surface area (Å²) < 4.78 is 11.3. The van der Waals surface area contributed by atoms with Gasteiger partial charge in [-0.1, -0.05) is 18.2 Å². The smallest absolute Gasteiger partial charge is 0.335 e. The van der Waals surface area contributed by atoms with Gasteiger partial charge >= 0.3 is 12.0 Å². The van der Waals surface area contributed by atoms with Gasteiger partial charge < -0.3 is 30.9 Å². The van der Waals surface area contributed by atoms with E-state index in [1.54, 1.807) is 30.3 Å². The highest BCUT2D eigenvalue weighted by molar-refractivity contribution is 6.02. The van der Waals surface area contributed by atoms with Crippen molar-refractivity contribution in [1.29, 1.82) is 0 Å². The average Bonchev–Trinajstić information content (AvgIpc) is 2.83.